The number of sulfonamides is 1. The lowest BCUT2D eigenvalue weighted by molar-refractivity contribution is -0.137. The lowest BCUT2D eigenvalue weighted by Crippen LogP contribution is -2.44. The van der Waals surface area contributed by atoms with Crippen molar-refractivity contribution in [1.82, 2.24) is 19.2 Å². The van der Waals surface area contributed by atoms with Gasteiger partial charge in [-0.1, -0.05) is 18.2 Å². The third kappa shape index (κ3) is 3.73. The predicted molar refractivity (Wildman–Crippen MR) is 130 cm³/mol. The Bertz CT molecular complexity index is 1310. The van der Waals surface area contributed by atoms with Crippen molar-refractivity contribution in [1.29, 1.82) is 0 Å². The number of rotatable bonds is 4. The molecule has 2 aromatic carbocycles. The number of benzene rings is 2. The maximum Gasteiger partial charge on any atom is 0.243 e. The molecule has 3 aliphatic rings. The number of piperidine rings is 1. The van der Waals surface area contributed by atoms with E-state index in [0.29, 0.717) is 30.8 Å². The number of H-pyrrole nitrogens is 1. The first-order chi connectivity index (χ1) is 16.5. The van der Waals surface area contributed by atoms with Gasteiger partial charge in [0.05, 0.1) is 22.0 Å². The summed E-state index contributed by atoms with van der Waals surface area (Å²) in [5.41, 5.74) is 4.34. The Morgan fingerprint density at radius 1 is 0.941 bits per heavy atom. The molecule has 0 radical (unpaired) electrons. The van der Waals surface area contributed by atoms with E-state index in [1.807, 2.05) is 41.3 Å². The number of imidazole rings is 1. The molecule has 2 saturated heterocycles. The van der Waals surface area contributed by atoms with Gasteiger partial charge in [-0.15, -0.1) is 0 Å². The number of fused-ring (bicyclic) bond motifs is 2. The fourth-order valence-electron chi connectivity index (χ4n) is 5.88. The van der Waals surface area contributed by atoms with Crippen molar-refractivity contribution in [2.75, 3.05) is 19.6 Å². The molecule has 1 amide bonds. The summed E-state index contributed by atoms with van der Waals surface area (Å²) in [6.45, 7) is 1.51. The van der Waals surface area contributed by atoms with Gasteiger partial charge in [-0.3, -0.25) is 4.79 Å². The summed E-state index contributed by atoms with van der Waals surface area (Å²) in [4.78, 5) is 24.0. The Labute approximate surface area is 200 Å². The number of amides is 1. The van der Waals surface area contributed by atoms with E-state index in [-0.39, 0.29) is 17.9 Å². The van der Waals surface area contributed by atoms with Crippen LogP contribution in [0, 0.1) is 5.92 Å². The van der Waals surface area contributed by atoms with Crippen molar-refractivity contribution in [2.24, 2.45) is 5.92 Å². The minimum absolute atomic E-state index is 0.0342. The van der Waals surface area contributed by atoms with Gasteiger partial charge in [-0.2, -0.15) is 4.31 Å². The fourth-order valence-corrected chi connectivity index (χ4v) is 7.40. The number of carbonyl (C=O) groups excluding carboxylic acids is 1. The largest absolute Gasteiger partial charge is 0.340 e. The van der Waals surface area contributed by atoms with Crippen molar-refractivity contribution in [3.63, 3.8) is 0 Å². The van der Waals surface area contributed by atoms with Crippen LogP contribution in [0.1, 0.15) is 55.1 Å². The number of aromatic amines is 1. The van der Waals surface area contributed by atoms with Gasteiger partial charge in [0.15, 0.2) is 0 Å². The average molecular weight is 479 g/mol. The molecule has 34 heavy (non-hydrogen) atoms. The third-order valence-corrected chi connectivity index (χ3v) is 9.66. The van der Waals surface area contributed by atoms with Crippen LogP contribution in [0.5, 0.6) is 0 Å². The summed E-state index contributed by atoms with van der Waals surface area (Å²) in [6.07, 6.45) is 6.07. The van der Waals surface area contributed by atoms with Gasteiger partial charge >= 0.3 is 0 Å². The normalized spacial score (nSPS) is 21.9. The molecule has 7 nitrogen and oxygen atoms in total. The minimum Gasteiger partial charge on any atom is -0.340 e. The highest BCUT2D eigenvalue weighted by atomic mass is 32.2. The highest BCUT2D eigenvalue weighted by Gasteiger charge is 2.38. The maximum absolute atomic E-state index is 13.5. The lowest BCUT2D eigenvalue weighted by atomic mass is 9.96. The van der Waals surface area contributed by atoms with Gasteiger partial charge in [-0.25, -0.2) is 13.4 Å². The highest BCUT2D eigenvalue weighted by Crippen LogP contribution is 2.35. The molecule has 1 aromatic heterocycles. The van der Waals surface area contributed by atoms with Crippen LogP contribution >= 0.6 is 0 Å². The molecular weight excluding hydrogens is 448 g/mol. The van der Waals surface area contributed by atoms with Crippen LogP contribution in [0.2, 0.25) is 0 Å². The molecule has 3 heterocycles. The van der Waals surface area contributed by atoms with Crippen molar-refractivity contribution >= 4 is 27.0 Å². The Balaban J connectivity index is 1.14. The lowest BCUT2D eigenvalue weighted by Gasteiger charge is -2.34. The van der Waals surface area contributed by atoms with Gasteiger partial charge in [0, 0.05) is 25.6 Å². The molecule has 6 rings (SSSR count). The second-order valence-corrected chi connectivity index (χ2v) is 11.7. The molecule has 0 saturated carbocycles. The molecule has 2 aliphatic heterocycles. The summed E-state index contributed by atoms with van der Waals surface area (Å²) >= 11 is 0. The van der Waals surface area contributed by atoms with Crippen molar-refractivity contribution in [3.05, 3.63) is 59.4 Å². The summed E-state index contributed by atoms with van der Waals surface area (Å²) < 4.78 is 28.1. The summed E-state index contributed by atoms with van der Waals surface area (Å²) in [5.74, 6) is 0.845. The summed E-state index contributed by atoms with van der Waals surface area (Å²) in [6, 6.07) is 13.5. The van der Waals surface area contributed by atoms with E-state index >= 15 is 0 Å². The van der Waals surface area contributed by atoms with Crippen LogP contribution < -0.4 is 0 Å². The quantitative estimate of drug-likeness (QED) is 0.618. The number of nitrogens with one attached hydrogen (secondary N) is 1. The van der Waals surface area contributed by atoms with Crippen molar-refractivity contribution < 1.29 is 13.2 Å². The van der Waals surface area contributed by atoms with Gasteiger partial charge in [0.25, 0.3) is 0 Å². The first-order valence-corrected chi connectivity index (χ1v) is 13.8. The van der Waals surface area contributed by atoms with E-state index in [9.17, 15) is 13.2 Å². The number of nitrogens with zero attached hydrogens (tertiary/aromatic N) is 3. The van der Waals surface area contributed by atoms with Gasteiger partial charge in [0.1, 0.15) is 5.82 Å². The van der Waals surface area contributed by atoms with Gasteiger partial charge in [-0.05, 0) is 80.3 Å². The molecular formula is C26H30N4O3S. The molecule has 0 unspecified atom stereocenters. The number of aryl methyl sites for hydroxylation is 2. The Kier molecular flexibility index (Phi) is 5.45. The van der Waals surface area contributed by atoms with E-state index in [0.717, 1.165) is 61.1 Å². The third-order valence-electron chi connectivity index (χ3n) is 7.77. The standard InChI is InChI=1S/C26H30N4O3S/c31-26(30-14-4-9-24(30)25-27-22-7-1-2-8-23(22)28-25)19-12-15-29(16-13-19)34(32,33)21-11-10-18-5-3-6-20(18)17-21/h1-2,7-8,10-11,17,19,24H,3-6,9,12-16H2,(H,27,28)/t24-/m1/s1. The summed E-state index contributed by atoms with van der Waals surface area (Å²) in [7, 11) is -3.53. The minimum atomic E-state index is -3.53. The van der Waals surface area contributed by atoms with E-state index in [1.165, 1.54) is 5.56 Å². The van der Waals surface area contributed by atoms with E-state index < -0.39 is 10.0 Å². The zero-order valence-electron chi connectivity index (χ0n) is 19.2. The Morgan fingerprint density at radius 3 is 2.56 bits per heavy atom. The number of likely N-dealkylation sites (tertiary alicyclic amines) is 1. The second kappa shape index (κ2) is 8.50. The predicted octanol–water partition coefficient (Wildman–Crippen LogP) is 3.82. The average Bonchev–Trinajstić information content (AvgIpc) is 3.61. The van der Waals surface area contributed by atoms with Crippen molar-refractivity contribution in [3.8, 4) is 0 Å². The van der Waals surface area contributed by atoms with E-state index in [1.54, 1.807) is 10.4 Å². The van der Waals surface area contributed by atoms with Gasteiger partial charge in [0.2, 0.25) is 15.9 Å². The van der Waals surface area contributed by atoms with Crippen LogP contribution in [0.4, 0.5) is 0 Å². The van der Waals surface area contributed by atoms with Crippen LogP contribution in [0.3, 0.4) is 0 Å². The molecule has 178 valence electrons. The molecule has 1 aliphatic carbocycles. The molecule has 8 heteroatoms. The topological polar surface area (TPSA) is 86.4 Å². The molecule has 1 N–H and O–H groups in total. The monoisotopic (exact) mass is 478 g/mol. The van der Waals surface area contributed by atoms with Crippen LogP contribution in [0.25, 0.3) is 11.0 Å². The molecule has 2 fully saturated rings. The van der Waals surface area contributed by atoms with E-state index in [2.05, 4.69) is 4.98 Å². The van der Waals surface area contributed by atoms with Crippen LogP contribution in [-0.4, -0.2) is 53.1 Å². The van der Waals surface area contributed by atoms with E-state index in [4.69, 9.17) is 4.98 Å². The Hall–Kier alpha value is -2.71. The first kappa shape index (κ1) is 21.8. The Morgan fingerprint density at radius 2 is 1.74 bits per heavy atom. The smallest absolute Gasteiger partial charge is 0.243 e. The SMILES string of the molecule is O=C(C1CCN(S(=O)(=O)c2ccc3c(c2)CCC3)CC1)N1CCC[C@@H]1c1nc2ccccc2[nH]1. The zero-order valence-corrected chi connectivity index (χ0v) is 20.1. The first-order valence-electron chi connectivity index (χ1n) is 12.4. The molecule has 1 atom stereocenters. The molecule has 0 spiro atoms. The van der Waals surface area contributed by atoms with Gasteiger partial charge < -0.3 is 9.88 Å². The number of hydrogen-bond acceptors (Lipinski definition) is 4. The number of aromatic nitrogens is 2. The number of carbonyl (C=O) groups is 1. The zero-order chi connectivity index (χ0) is 23.3. The number of hydrogen-bond donors (Lipinski definition) is 1. The summed E-state index contributed by atoms with van der Waals surface area (Å²) in [5, 5.41) is 0. The van der Waals surface area contributed by atoms with Crippen LogP contribution in [-0.2, 0) is 27.7 Å². The molecule has 0 bridgehead atoms. The van der Waals surface area contributed by atoms with Crippen molar-refractivity contribution in [2.45, 2.75) is 55.9 Å². The van der Waals surface area contributed by atoms with Crippen LogP contribution in [0.15, 0.2) is 47.4 Å². The second-order valence-electron chi connectivity index (χ2n) is 9.79. The fraction of sp³-hybridized carbons (Fsp3) is 0.462. The highest BCUT2D eigenvalue weighted by molar-refractivity contribution is 7.89. The number of para-hydroxylation sites is 2. The maximum atomic E-state index is 13.5. The molecule has 3 aromatic rings.